The molecule has 0 radical (unpaired) electrons. The predicted molar refractivity (Wildman–Crippen MR) is 64.1 cm³/mol. The van der Waals surface area contributed by atoms with E-state index in [1.165, 1.54) is 0 Å². The van der Waals surface area contributed by atoms with Crippen molar-refractivity contribution in [2.45, 2.75) is 12.2 Å². The van der Waals surface area contributed by atoms with Crippen molar-refractivity contribution in [1.82, 2.24) is 0 Å². The van der Waals surface area contributed by atoms with Crippen LogP contribution in [0.4, 0.5) is 0 Å². The van der Waals surface area contributed by atoms with Crippen LogP contribution < -0.4 is 10.2 Å². The van der Waals surface area contributed by atoms with E-state index in [0.29, 0.717) is 11.1 Å². The van der Waals surface area contributed by atoms with E-state index in [2.05, 4.69) is 0 Å². The third-order valence-corrected chi connectivity index (χ3v) is 2.53. The second kappa shape index (κ2) is 6.76. The van der Waals surface area contributed by atoms with E-state index in [1.54, 1.807) is 48.5 Å². The molecule has 2 aromatic rings. The van der Waals surface area contributed by atoms with Crippen LogP contribution in [0.2, 0.25) is 0 Å². The van der Waals surface area contributed by atoms with Gasteiger partial charge in [0.1, 0.15) is 0 Å². The van der Waals surface area contributed by atoms with Gasteiger partial charge in [-0.05, 0) is 0 Å². The third-order valence-electron chi connectivity index (χ3n) is 2.53. The minimum Gasteiger partial charge on any atom is -0.849 e. The summed E-state index contributed by atoms with van der Waals surface area (Å²) in [5, 5.41) is 23.8. The fourth-order valence-corrected chi connectivity index (χ4v) is 1.64. The SMILES string of the molecule is [Mg+2].[O-]C(c1ccccc1)C([O-])c1ccccc1. The molecular weight excluding hydrogens is 224 g/mol. The fraction of sp³-hybridized carbons (Fsp3) is 0.143. The molecule has 2 aromatic carbocycles. The predicted octanol–water partition coefficient (Wildman–Crippen LogP) is 0.809. The summed E-state index contributed by atoms with van der Waals surface area (Å²) < 4.78 is 0. The summed E-state index contributed by atoms with van der Waals surface area (Å²) in [6.07, 6.45) is -2.49. The van der Waals surface area contributed by atoms with E-state index < -0.39 is 12.2 Å². The summed E-state index contributed by atoms with van der Waals surface area (Å²) in [4.78, 5) is 0. The van der Waals surface area contributed by atoms with Crippen molar-refractivity contribution in [1.29, 1.82) is 0 Å². The van der Waals surface area contributed by atoms with Gasteiger partial charge >= 0.3 is 23.1 Å². The molecule has 2 rings (SSSR count). The second-order valence-corrected chi connectivity index (χ2v) is 3.66. The standard InChI is InChI=1S/C14H12O2.Mg/c15-13(11-7-3-1-4-8-11)14(16)12-9-5-2-6-10-12;/h1-10,13-14H;/q-2;+2. The molecule has 0 N–H and O–H groups in total. The molecule has 2 nitrogen and oxygen atoms in total. The zero-order valence-corrected chi connectivity index (χ0v) is 10.9. The van der Waals surface area contributed by atoms with Gasteiger partial charge in [-0.3, -0.25) is 0 Å². The van der Waals surface area contributed by atoms with Crippen molar-refractivity contribution in [2.24, 2.45) is 0 Å². The normalized spacial score (nSPS) is 13.5. The van der Waals surface area contributed by atoms with Gasteiger partial charge in [0.25, 0.3) is 0 Å². The Balaban J connectivity index is 0.00000144. The van der Waals surface area contributed by atoms with Crippen molar-refractivity contribution in [2.75, 3.05) is 0 Å². The molecule has 0 aliphatic carbocycles. The van der Waals surface area contributed by atoms with E-state index in [4.69, 9.17) is 0 Å². The first kappa shape index (κ1) is 14.2. The quantitative estimate of drug-likeness (QED) is 0.741. The Morgan fingerprint density at radius 1 is 0.588 bits per heavy atom. The molecular formula is C14H12MgO2. The molecule has 0 spiro atoms. The molecule has 2 unspecified atom stereocenters. The number of benzene rings is 2. The van der Waals surface area contributed by atoms with Gasteiger partial charge in [0.15, 0.2) is 0 Å². The minimum absolute atomic E-state index is 0. The summed E-state index contributed by atoms with van der Waals surface area (Å²) in [6.45, 7) is 0. The topological polar surface area (TPSA) is 46.1 Å². The van der Waals surface area contributed by atoms with E-state index in [1.807, 2.05) is 12.1 Å². The monoisotopic (exact) mass is 236 g/mol. The van der Waals surface area contributed by atoms with Crippen molar-refractivity contribution in [3.8, 4) is 0 Å². The van der Waals surface area contributed by atoms with E-state index in [-0.39, 0.29) is 23.1 Å². The van der Waals surface area contributed by atoms with Crippen LogP contribution in [0.15, 0.2) is 60.7 Å². The summed E-state index contributed by atoms with van der Waals surface area (Å²) in [5.41, 5.74) is 1.10. The average molecular weight is 237 g/mol. The Bertz CT molecular complexity index is 387. The summed E-state index contributed by atoms with van der Waals surface area (Å²) in [5.74, 6) is 0. The first-order chi connectivity index (χ1) is 7.79. The first-order valence-electron chi connectivity index (χ1n) is 5.20. The van der Waals surface area contributed by atoms with Gasteiger partial charge in [-0.1, -0.05) is 71.8 Å². The maximum atomic E-state index is 11.9. The third kappa shape index (κ3) is 3.54. The van der Waals surface area contributed by atoms with Crippen molar-refractivity contribution in [3.63, 3.8) is 0 Å². The number of hydrogen-bond acceptors (Lipinski definition) is 2. The Hall–Kier alpha value is -0.874. The maximum Gasteiger partial charge on any atom is 2.00 e. The van der Waals surface area contributed by atoms with Gasteiger partial charge in [0.05, 0.1) is 0 Å². The molecule has 0 aliphatic rings. The van der Waals surface area contributed by atoms with Crippen molar-refractivity contribution >= 4 is 23.1 Å². The molecule has 0 fully saturated rings. The molecule has 0 aliphatic heterocycles. The maximum absolute atomic E-state index is 11.9. The molecule has 2 atom stereocenters. The van der Waals surface area contributed by atoms with Crippen molar-refractivity contribution in [3.05, 3.63) is 71.8 Å². The number of hydrogen-bond donors (Lipinski definition) is 0. The van der Waals surface area contributed by atoms with Gasteiger partial charge in [-0.25, -0.2) is 0 Å². The largest absolute Gasteiger partial charge is 2.00 e. The Labute approximate surface area is 117 Å². The van der Waals surface area contributed by atoms with Gasteiger partial charge in [-0.2, -0.15) is 0 Å². The van der Waals surface area contributed by atoms with E-state index in [9.17, 15) is 10.2 Å². The smallest absolute Gasteiger partial charge is 0.849 e. The fourth-order valence-electron chi connectivity index (χ4n) is 1.64. The van der Waals surface area contributed by atoms with E-state index >= 15 is 0 Å². The molecule has 0 bridgehead atoms. The van der Waals surface area contributed by atoms with Crippen LogP contribution in [0, 0.1) is 0 Å². The van der Waals surface area contributed by atoms with Gasteiger partial charge in [0.2, 0.25) is 0 Å². The molecule has 0 amide bonds. The van der Waals surface area contributed by atoms with E-state index in [0.717, 1.165) is 0 Å². The molecule has 3 heteroatoms. The Morgan fingerprint density at radius 3 is 1.18 bits per heavy atom. The molecule has 17 heavy (non-hydrogen) atoms. The van der Waals surface area contributed by atoms with Gasteiger partial charge in [-0.15, -0.1) is 12.2 Å². The second-order valence-electron chi connectivity index (χ2n) is 3.66. The molecule has 82 valence electrons. The van der Waals surface area contributed by atoms with Crippen LogP contribution in [0.5, 0.6) is 0 Å². The molecule has 0 heterocycles. The summed E-state index contributed by atoms with van der Waals surface area (Å²) in [7, 11) is 0. The average Bonchev–Trinajstić information content (AvgIpc) is 2.39. The molecule has 0 saturated carbocycles. The zero-order valence-electron chi connectivity index (χ0n) is 9.45. The van der Waals surface area contributed by atoms with Crippen LogP contribution in [0.25, 0.3) is 0 Å². The Kier molecular flexibility index (Phi) is 5.64. The van der Waals surface area contributed by atoms with Crippen LogP contribution in [-0.4, -0.2) is 23.1 Å². The van der Waals surface area contributed by atoms with Crippen LogP contribution in [0.1, 0.15) is 23.3 Å². The van der Waals surface area contributed by atoms with Crippen LogP contribution in [-0.2, 0) is 0 Å². The first-order valence-corrected chi connectivity index (χ1v) is 5.20. The minimum atomic E-state index is -1.25. The molecule has 0 aromatic heterocycles. The summed E-state index contributed by atoms with van der Waals surface area (Å²) >= 11 is 0. The van der Waals surface area contributed by atoms with Gasteiger partial charge < -0.3 is 10.2 Å². The van der Waals surface area contributed by atoms with Crippen LogP contribution in [0.3, 0.4) is 0 Å². The van der Waals surface area contributed by atoms with Crippen molar-refractivity contribution < 1.29 is 10.2 Å². The van der Waals surface area contributed by atoms with Gasteiger partial charge in [0, 0.05) is 0 Å². The van der Waals surface area contributed by atoms with Crippen LogP contribution >= 0.6 is 0 Å². The number of rotatable bonds is 3. The Morgan fingerprint density at radius 2 is 0.882 bits per heavy atom. The molecule has 0 saturated heterocycles. The summed E-state index contributed by atoms with van der Waals surface area (Å²) in [6, 6.07) is 17.6. The zero-order chi connectivity index (χ0) is 11.4.